The predicted molar refractivity (Wildman–Crippen MR) is 122 cm³/mol. The van der Waals surface area contributed by atoms with Gasteiger partial charge in [-0.05, 0) is 36.6 Å². The molecule has 0 saturated heterocycles. The summed E-state index contributed by atoms with van der Waals surface area (Å²) in [4.78, 5) is 14.9. The fraction of sp³-hybridized carbons (Fsp3) is 0.375. The molecule has 0 aliphatic carbocycles. The highest BCUT2D eigenvalue weighted by Gasteiger charge is 2.22. The van der Waals surface area contributed by atoms with E-state index in [4.69, 9.17) is 11.6 Å². The van der Waals surface area contributed by atoms with Crippen LogP contribution >= 0.6 is 11.6 Å². The second-order valence-electron chi connectivity index (χ2n) is 8.06. The van der Waals surface area contributed by atoms with Crippen molar-refractivity contribution in [3.8, 4) is 0 Å². The van der Waals surface area contributed by atoms with E-state index in [1.807, 2.05) is 55.5 Å². The molecular weight excluding hydrogens is 410 g/mol. The number of carbonyl (C=O) groups is 1. The Kier molecular flexibility index (Phi) is 6.99. The van der Waals surface area contributed by atoms with Gasteiger partial charge in [-0.3, -0.25) is 9.69 Å². The molecule has 4 rings (SSSR count). The number of hydrogen-bond acceptors (Lipinski definition) is 4. The van der Waals surface area contributed by atoms with Gasteiger partial charge in [0.1, 0.15) is 5.82 Å². The summed E-state index contributed by atoms with van der Waals surface area (Å²) in [5.41, 5.74) is 2.38. The fourth-order valence-corrected chi connectivity index (χ4v) is 4.25. The van der Waals surface area contributed by atoms with E-state index in [2.05, 4.69) is 31.0 Å². The molecule has 7 heteroatoms. The Hall–Kier alpha value is -2.70. The third-order valence-electron chi connectivity index (χ3n) is 5.69. The zero-order chi connectivity index (χ0) is 21.6. The van der Waals surface area contributed by atoms with Gasteiger partial charge in [-0.15, -0.1) is 10.2 Å². The minimum atomic E-state index is -0.177. The van der Waals surface area contributed by atoms with Crippen molar-refractivity contribution in [3.05, 3.63) is 82.4 Å². The number of rotatable bonds is 7. The van der Waals surface area contributed by atoms with Crippen LogP contribution in [0.4, 0.5) is 0 Å². The summed E-state index contributed by atoms with van der Waals surface area (Å²) in [6.45, 7) is 5.47. The first-order chi connectivity index (χ1) is 15.1. The Morgan fingerprint density at radius 1 is 1.06 bits per heavy atom. The first-order valence-corrected chi connectivity index (χ1v) is 11.2. The minimum absolute atomic E-state index is 0.0323. The molecule has 1 aromatic heterocycles. The smallest absolute Gasteiger partial charge is 0.220 e. The lowest BCUT2D eigenvalue weighted by Crippen LogP contribution is -2.30. The number of nitrogens with one attached hydrogen (secondary N) is 1. The van der Waals surface area contributed by atoms with Crippen LogP contribution in [0.1, 0.15) is 42.2 Å². The van der Waals surface area contributed by atoms with Crippen LogP contribution in [0.2, 0.25) is 5.02 Å². The van der Waals surface area contributed by atoms with Gasteiger partial charge in [0.2, 0.25) is 5.91 Å². The van der Waals surface area contributed by atoms with E-state index in [-0.39, 0.29) is 11.9 Å². The van der Waals surface area contributed by atoms with E-state index in [1.165, 1.54) is 11.1 Å². The number of benzene rings is 2. The van der Waals surface area contributed by atoms with Crippen LogP contribution in [0.15, 0.2) is 54.6 Å². The average Bonchev–Trinajstić information content (AvgIpc) is 3.08. The number of carbonyl (C=O) groups excluding carboxylic acids is 1. The van der Waals surface area contributed by atoms with Crippen LogP contribution in [0.3, 0.4) is 0 Å². The summed E-state index contributed by atoms with van der Waals surface area (Å²) >= 11 is 6.13. The molecule has 0 spiro atoms. The van der Waals surface area contributed by atoms with Crippen LogP contribution < -0.4 is 5.32 Å². The predicted octanol–water partition coefficient (Wildman–Crippen LogP) is 3.80. The quantitative estimate of drug-likeness (QED) is 0.610. The maximum absolute atomic E-state index is 12.5. The lowest BCUT2D eigenvalue weighted by Gasteiger charge is -2.20. The lowest BCUT2D eigenvalue weighted by atomic mass is 10.1. The molecule has 1 unspecified atom stereocenters. The van der Waals surface area contributed by atoms with E-state index in [9.17, 15) is 4.79 Å². The second kappa shape index (κ2) is 10.1. The van der Waals surface area contributed by atoms with Gasteiger partial charge in [0.05, 0.1) is 6.04 Å². The maximum Gasteiger partial charge on any atom is 0.220 e. The number of fused-ring (bicyclic) bond motifs is 1. The number of nitrogens with zero attached hydrogens (tertiary/aromatic N) is 4. The van der Waals surface area contributed by atoms with Crippen LogP contribution in [-0.2, 0) is 30.7 Å². The van der Waals surface area contributed by atoms with E-state index in [0.717, 1.165) is 55.7 Å². The van der Waals surface area contributed by atoms with Gasteiger partial charge >= 0.3 is 0 Å². The number of aryl methyl sites for hydroxylation is 1. The Bertz CT molecular complexity index is 1020. The highest BCUT2D eigenvalue weighted by atomic mass is 35.5. The number of amides is 1. The first kappa shape index (κ1) is 21.5. The Morgan fingerprint density at radius 2 is 1.87 bits per heavy atom. The average molecular weight is 438 g/mol. The molecule has 1 aliphatic rings. The van der Waals surface area contributed by atoms with Gasteiger partial charge in [0, 0.05) is 44.0 Å². The summed E-state index contributed by atoms with van der Waals surface area (Å²) in [5.74, 6) is 1.84. The molecule has 0 bridgehead atoms. The van der Waals surface area contributed by atoms with E-state index in [0.29, 0.717) is 6.42 Å². The summed E-state index contributed by atoms with van der Waals surface area (Å²) in [7, 11) is 0. The van der Waals surface area contributed by atoms with Crippen molar-refractivity contribution in [2.75, 3.05) is 13.1 Å². The van der Waals surface area contributed by atoms with E-state index < -0.39 is 0 Å². The molecule has 31 heavy (non-hydrogen) atoms. The Balaban J connectivity index is 1.33. The molecule has 6 nitrogen and oxygen atoms in total. The molecule has 1 amide bonds. The molecule has 162 valence electrons. The Labute approximate surface area is 188 Å². The van der Waals surface area contributed by atoms with Crippen LogP contribution in [0.25, 0.3) is 0 Å². The third kappa shape index (κ3) is 5.71. The standard InChI is InChI=1S/C24H28ClN5O/c1-18(26-23(31)11-10-19-6-3-2-4-7-19)24-28-27-22-12-13-29(14-15-30(22)24)17-20-8-5-9-21(25)16-20/h2-9,16,18H,10-15,17H2,1H3,(H,26,31). The summed E-state index contributed by atoms with van der Waals surface area (Å²) in [6, 6.07) is 17.9. The zero-order valence-corrected chi connectivity index (χ0v) is 18.6. The van der Waals surface area contributed by atoms with E-state index >= 15 is 0 Å². The molecule has 1 N–H and O–H groups in total. The topological polar surface area (TPSA) is 63.1 Å². The molecule has 3 aromatic rings. The zero-order valence-electron chi connectivity index (χ0n) is 17.8. The summed E-state index contributed by atoms with van der Waals surface area (Å²) in [5, 5.41) is 12.7. The molecular formula is C24H28ClN5O. The number of halogens is 1. The van der Waals surface area contributed by atoms with Crippen molar-refractivity contribution in [2.45, 2.75) is 45.3 Å². The van der Waals surface area contributed by atoms with Gasteiger partial charge in [-0.1, -0.05) is 54.1 Å². The van der Waals surface area contributed by atoms with Crippen molar-refractivity contribution >= 4 is 17.5 Å². The van der Waals surface area contributed by atoms with Gasteiger partial charge in [-0.25, -0.2) is 0 Å². The van der Waals surface area contributed by atoms with Crippen molar-refractivity contribution < 1.29 is 4.79 Å². The first-order valence-electron chi connectivity index (χ1n) is 10.8. The van der Waals surface area contributed by atoms with Crippen molar-refractivity contribution in [3.63, 3.8) is 0 Å². The van der Waals surface area contributed by atoms with Crippen LogP contribution in [0, 0.1) is 0 Å². The molecule has 0 saturated carbocycles. The molecule has 1 aliphatic heterocycles. The van der Waals surface area contributed by atoms with E-state index in [1.54, 1.807) is 0 Å². The minimum Gasteiger partial charge on any atom is -0.346 e. The normalized spacial score (nSPS) is 15.2. The SMILES string of the molecule is CC(NC(=O)CCc1ccccc1)c1nnc2n1CCN(Cc1cccc(Cl)c1)CC2. The van der Waals surface area contributed by atoms with Gasteiger partial charge < -0.3 is 9.88 Å². The largest absolute Gasteiger partial charge is 0.346 e. The molecule has 2 aromatic carbocycles. The monoisotopic (exact) mass is 437 g/mol. The number of hydrogen-bond donors (Lipinski definition) is 1. The van der Waals surface area contributed by atoms with Gasteiger partial charge in [-0.2, -0.15) is 0 Å². The summed E-state index contributed by atoms with van der Waals surface area (Å²) < 4.78 is 2.17. The van der Waals surface area contributed by atoms with Gasteiger partial charge in [0.15, 0.2) is 5.82 Å². The molecule has 0 radical (unpaired) electrons. The van der Waals surface area contributed by atoms with Crippen molar-refractivity contribution in [1.29, 1.82) is 0 Å². The highest BCUT2D eigenvalue weighted by Crippen LogP contribution is 2.18. The van der Waals surface area contributed by atoms with Crippen molar-refractivity contribution in [1.82, 2.24) is 25.0 Å². The highest BCUT2D eigenvalue weighted by molar-refractivity contribution is 6.30. The molecule has 0 fully saturated rings. The lowest BCUT2D eigenvalue weighted by molar-refractivity contribution is -0.121. The van der Waals surface area contributed by atoms with Gasteiger partial charge in [0.25, 0.3) is 0 Å². The summed E-state index contributed by atoms with van der Waals surface area (Å²) in [6.07, 6.45) is 2.03. The number of aromatic nitrogens is 3. The maximum atomic E-state index is 12.5. The van der Waals surface area contributed by atoms with Crippen LogP contribution in [0.5, 0.6) is 0 Å². The fourth-order valence-electron chi connectivity index (χ4n) is 4.04. The van der Waals surface area contributed by atoms with Crippen LogP contribution in [-0.4, -0.2) is 38.7 Å². The molecule has 2 heterocycles. The third-order valence-corrected chi connectivity index (χ3v) is 5.93. The Morgan fingerprint density at radius 3 is 2.68 bits per heavy atom. The second-order valence-corrected chi connectivity index (χ2v) is 8.49. The molecule has 1 atom stereocenters. The van der Waals surface area contributed by atoms with Crippen molar-refractivity contribution in [2.24, 2.45) is 0 Å².